The van der Waals surface area contributed by atoms with Gasteiger partial charge in [-0.2, -0.15) is 0 Å². The van der Waals surface area contributed by atoms with E-state index in [9.17, 15) is 9.90 Å². The Morgan fingerprint density at radius 1 is 1.29 bits per heavy atom. The molecule has 0 saturated heterocycles. The maximum atomic E-state index is 11.3. The fourth-order valence-electron chi connectivity index (χ4n) is 3.07. The highest BCUT2D eigenvalue weighted by molar-refractivity contribution is 5.70. The lowest BCUT2D eigenvalue weighted by atomic mass is 9.73. The molecule has 0 heterocycles. The zero-order chi connectivity index (χ0) is 12.7. The molecular formula is C14H27NO2. The number of carboxylic acid groups (broad SMARTS) is 1. The van der Waals surface area contributed by atoms with Gasteiger partial charge in [0, 0.05) is 0 Å². The van der Waals surface area contributed by atoms with Crippen molar-refractivity contribution in [2.24, 2.45) is 23.5 Å². The van der Waals surface area contributed by atoms with Crippen LogP contribution in [0.25, 0.3) is 0 Å². The molecule has 1 aliphatic rings. The van der Waals surface area contributed by atoms with Crippen LogP contribution in [0.5, 0.6) is 0 Å². The zero-order valence-corrected chi connectivity index (χ0v) is 11.0. The predicted molar refractivity (Wildman–Crippen MR) is 69.8 cm³/mol. The van der Waals surface area contributed by atoms with Crippen molar-refractivity contribution in [2.75, 3.05) is 6.54 Å². The standard InChI is InChI=1S/C14H27NO2/c1-2-11-6-8-12(9-7-11)13(14(16)17)5-3-4-10-15/h11-13H,2-10,15H2,1H3,(H,16,17). The van der Waals surface area contributed by atoms with Gasteiger partial charge in [-0.05, 0) is 44.1 Å². The summed E-state index contributed by atoms with van der Waals surface area (Å²) in [5.74, 6) is 0.527. The van der Waals surface area contributed by atoms with E-state index >= 15 is 0 Å². The third-order valence-electron chi connectivity index (χ3n) is 4.32. The number of carboxylic acids is 1. The van der Waals surface area contributed by atoms with Gasteiger partial charge in [-0.3, -0.25) is 4.79 Å². The summed E-state index contributed by atoms with van der Waals surface area (Å²) in [5, 5.41) is 9.32. The lowest BCUT2D eigenvalue weighted by molar-refractivity contribution is -0.144. The van der Waals surface area contributed by atoms with E-state index in [4.69, 9.17) is 5.73 Å². The Bertz CT molecular complexity index is 222. The Balaban J connectivity index is 2.40. The molecule has 0 aliphatic heterocycles. The highest BCUT2D eigenvalue weighted by Gasteiger charge is 2.30. The molecule has 17 heavy (non-hydrogen) atoms. The number of aliphatic carboxylic acids is 1. The topological polar surface area (TPSA) is 63.3 Å². The van der Waals surface area contributed by atoms with Crippen molar-refractivity contribution in [3.8, 4) is 0 Å². The van der Waals surface area contributed by atoms with Crippen LogP contribution in [0, 0.1) is 17.8 Å². The molecule has 0 amide bonds. The maximum absolute atomic E-state index is 11.3. The summed E-state index contributed by atoms with van der Waals surface area (Å²) in [4.78, 5) is 11.3. The van der Waals surface area contributed by atoms with Gasteiger partial charge < -0.3 is 10.8 Å². The molecule has 0 bridgehead atoms. The van der Waals surface area contributed by atoms with Crippen LogP contribution >= 0.6 is 0 Å². The summed E-state index contributed by atoms with van der Waals surface area (Å²) in [6.45, 7) is 2.91. The number of unbranched alkanes of at least 4 members (excludes halogenated alkanes) is 1. The van der Waals surface area contributed by atoms with Gasteiger partial charge in [-0.15, -0.1) is 0 Å². The van der Waals surface area contributed by atoms with E-state index in [1.54, 1.807) is 0 Å². The highest BCUT2D eigenvalue weighted by atomic mass is 16.4. The number of hydrogen-bond acceptors (Lipinski definition) is 2. The molecule has 1 atom stereocenters. The van der Waals surface area contributed by atoms with Crippen molar-refractivity contribution in [3.05, 3.63) is 0 Å². The van der Waals surface area contributed by atoms with Crippen molar-refractivity contribution in [1.82, 2.24) is 0 Å². The smallest absolute Gasteiger partial charge is 0.306 e. The second-order valence-electron chi connectivity index (χ2n) is 5.42. The SMILES string of the molecule is CCC1CCC(C(CCCCN)C(=O)O)CC1. The molecule has 100 valence electrons. The van der Waals surface area contributed by atoms with Gasteiger partial charge in [0.05, 0.1) is 5.92 Å². The van der Waals surface area contributed by atoms with Crippen LogP contribution in [0.3, 0.4) is 0 Å². The molecular weight excluding hydrogens is 214 g/mol. The van der Waals surface area contributed by atoms with Gasteiger partial charge in [0.2, 0.25) is 0 Å². The van der Waals surface area contributed by atoms with Gasteiger partial charge in [-0.1, -0.05) is 32.6 Å². The molecule has 0 aromatic heterocycles. The van der Waals surface area contributed by atoms with Gasteiger partial charge in [0.1, 0.15) is 0 Å². The fraction of sp³-hybridized carbons (Fsp3) is 0.929. The number of carbonyl (C=O) groups is 1. The summed E-state index contributed by atoms with van der Waals surface area (Å²) >= 11 is 0. The fourth-order valence-corrected chi connectivity index (χ4v) is 3.07. The zero-order valence-electron chi connectivity index (χ0n) is 11.0. The van der Waals surface area contributed by atoms with Crippen LogP contribution in [0.15, 0.2) is 0 Å². The van der Waals surface area contributed by atoms with Crippen molar-refractivity contribution < 1.29 is 9.90 Å². The lowest BCUT2D eigenvalue weighted by Gasteiger charge is -2.31. The van der Waals surface area contributed by atoms with Gasteiger partial charge in [-0.25, -0.2) is 0 Å². The lowest BCUT2D eigenvalue weighted by Crippen LogP contribution is -2.27. The molecule has 3 heteroatoms. The Hall–Kier alpha value is -0.570. The quantitative estimate of drug-likeness (QED) is 0.673. The second-order valence-corrected chi connectivity index (χ2v) is 5.42. The van der Waals surface area contributed by atoms with Gasteiger partial charge >= 0.3 is 5.97 Å². The Kier molecular flexibility index (Phi) is 6.56. The molecule has 1 rings (SSSR count). The van der Waals surface area contributed by atoms with E-state index in [0.717, 1.165) is 38.0 Å². The molecule has 1 unspecified atom stereocenters. The van der Waals surface area contributed by atoms with Crippen LogP contribution < -0.4 is 5.73 Å². The molecule has 3 nitrogen and oxygen atoms in total. The van der Waals surface area contributed by atoms with Crippen molar-refractivity contribution >= 4 is 5.97 Å². The normalized spacial score (nSPS) is 26.7. The van der Waals surface area contributed by atoms with E-state index in [-0.39, 0.29) is 5.92 Å². The minimum absolute atomic E-state index is 0.126. The predicted octanol–water partition coefficient (Wildman–Crippen LogP) is 3.03. The average molecular weight is 241 g/mol. The average Bonchev–Trinajstić information content (AvgIpc) is 2.34. The van der Waals surface area contributed by atoms with Crippen molar-refractivity contribution in [1.29, 1.82) is 0 Å². The van der Waals surface area contributed by atoms with Crippen molar-refractivity contribution in [3.63, 3.8) is 0 Å². The molecule has 1 fully saturated rings. The van der Waals surface area contributed by atoms with Crippen LogP contribution in [0.2, 0.25) is 0 Å². The molecule has 0 spiro atoms. The largest absolute Gasteiger partial charge is 0.481 e. The molecule has 3 N–H and O–H groups in total. The van der Waals surface area contributed by atoms with E-state index in [2.05, 4.69) is 6.92 Å². The van der Waals surface area contributed by atoms with Gasteiger partial charge in [0.15, 0.2) is 0 Å². The Labute approximate surface area is 105 Å². The number of nitrogens with two attached hydrogens (primary N) is 1. The third-order valence-corrected chi connectivity index (χ3v) is 4.32. The Morgan fingerprint density at radius 3 is 2.41 bits per heavy atom. The first kappa shape index (κ1) is 14.5. The summed E-state index contributed by atoms with van der Waals surface area (Å²) < 4.78 is 0. The first-order valence-electron chi connectivity index (χ1n) is 7.11. The van der Waals surface area contributed by atoms with E-state index in [0.29, 0.717) is 12.5 Å². The summed E-state index contributed by atoms with van der Waals surface area (Å²) in [5.41, 5.74) is 5.46. The van der Waals surface area contributed by atoms with E-state index in [1.165, 1.54) is 19.3 Å². The molecule has 0 aromatic rings. The second kappa shape index (κ2) is 7.70. The first-order chi connectivity index (χ1) is 8.19. The summed E-state index contributed by atoms with van der Waals surface area (Å²) in [7, 11) is 0. The monoisotopic (exact) mass is 241 g/mol. The molecule has 0 aromatic carbocycles. The third kappa shape index (κ3) is 4.66. The van der Waals surface area contributed by atoms with Crippen LogP contribution in [0.4, 0.5) is 0 Å². The van der Waals surface area contributed by atoms with E-state index < -0.39 is 5.97 Å². The Morgan fingerprint density at radius 2 is 1.94 bits per heavy atom. The van der Waals surface area contributed by atoms with Crippen LogP contribution in [-0.4, -0.2) is 17.6 Å². The maximum Gasteiger partial charge on any atom is 0.306 e. The number of rotatable bonds is 7. The van der Waals surface area contributed by atoms with Crippen LogP contribution in [0.1, 0.15) is 58.3 Å². The number of hydrogen-bond donors (Lipinski definition) is 2. The van der Waals surface area contributed by atoms with Crippen molar-refractivity contribution in [2.45, 2.75) is 58.3 Å². The van der Waals surface area contributed by atoms with Crippen LogP contribution in [-0.2, 0) is 4.79 Å². The minimum atomic E-state index is -0.595. The molecule has 1 aliphatic carbocycles. The van der Waals surface area contributed by atoms with Gasteiger partial charge in [0.25, 0.3) is 0 Å². The summed E-state index contributed by atoms with van der Waals surface area (Å²) in [6.07, 6.45) is 8.64. The minimum Gasteiger partial charge on any atom is -0.481 e. The summed E-state index contributed by atoms with van der Waals surface area (Å²) in [6, 6.07) is 0. The highest BCUT2D eigenvalue weighted by Crippen LogP contribution is 2.36. The van der Waals surface area contributed by atoms with E-state index in [1.807, 2.05) is 0 Å². The molecule has 0 radical (unpaired) electrons. The first-order valence-corrected chi connectivity index (χ1v) is 7.11. The molecule has 1 saturated carbocycles.